The second-order valence-corrected chi connectivity index (χ2v) is 5.73. The van der Waals surface area contributed by atoms with E-state index in [-0.39, 0.29) is 0 Å². The van der Waals surface area contributed by atoms with Crippen LogP contribution in [0, 0.1) is 0 Å². The fraction of sp³-hybridized carbons (Fsp3) is 0.647. The number of hydrogen-bond acceptors (Lipinski definition) is 4. The summed E-state index contributed by atoms with van der Waals surface area (Å²) >= 11 is 3.57. The number of aryl methyl sites for hydroxylation is 1. The molecule has 0 bridgehead atoms. The molecule has 0 saturated heterocycles. The second-order valence-electron chi connectivity index (χ2n) is 4.88. The molecule has 0 radical (unpaired) electrons. The Balaban J connectivity index is 1.81. The van der Waals surface area contributed by atoms with Crippen LogP contribution in [-0.2, 0) is 25.4 Å². The van der Waals surface area contributed by atoms with Crippen LogP contribution in [0.1, 0.15) is 18.4 Å². The molecular weight excluding hydrogens is 348 g/mol. The van der Waals surface area contributed by atoms with Gasteiger partial charge in [0.1, 0.15) is 0 Å². The van der Waals surface area contributed by atoms with Crippen molar-refractivity contribution in [2.45, 2.75) is 19.3 Å². The SMILES string of the molecule is COCCOCCOCCOCCCCc1ccccc1Br. The van der Waals surface area contributed by atoms with Gasteiger partial charge in [0.2, 0.25) is 0 Å². The van der Waals surface area contributed by atoms with Crippen LogP contribution in [0.4, 0.5) is 0 Å². The molecule has 0 saturated carbocycles. The lowest BCUT2D eigenvalue weighted by atomic mass is 10.1. The Kier molecular flexibility index (Phi) is 12.6. The quantitative estimate of drug-likeness (QED) is 0.467. The molecule has 0 aliphatic rings. The summed E-state index contributed by atoms with van der Waals surface area (Å²) in [5.41, 5.74) is 1.36. The standard InChI is InChI=1S/C17H27BrO4/c1-19-10-11-21-14-15-22-13-12-20-9-5-4-7-16-6-2-3-8-17(16)18/h2-3,6,8H,4-5,7,9-15H2,1H3. The van der Waals surface area contributed by atoms with Gasteiger partial charge in [0.15, 0.2) is 0 Å². The molecule has 0 amide bonds. The molecule has 22 heavy (non-hydrogen) atoms. The maximum atomic E-state index is 5.55. The molecule has 5 heteroatoms. The summed E-state index contributed by atoms with van der Waals surface area (Å²) < 4.78 is 22.3. The van der Waals surface area contributed by atoms with Gasteiger partial charge in [0.05, 0.1) is 39.6 Å². The predicted molar refractivity (Wildman–Crippen MR) is 91.4 cm³/mol. The van der Waals surface area contributed by atoms with Gasteiger partial charge < -0.3 is 18.9 Å². The van der Waals surface area contributed by atoms with Crippen LogP contribution in [0.5, 0.6) is 0 Å². The van der Waals surface area contributed by atoms with E-state index in [1.54, 1.807) is 7.11 Å². The predicted octanol–water partition coefficient (Wildman–Crippen LogP) is 3.47. The monoisotopic (exact) mass is 374 g/mol. The Hall–Kier alpha value is -0.460. The second kappa shape index (κ2) is 14.2. The van der Waals surface area contributed by atoms with E-state index in [1.807, 2.05) is 6.07 Å². The number of ether oxygens (including phenoxy) is 4. The maximum absolute atomic E-state index is 5.55. The summed E-state index contributed by atoms with van der Waals surface area (Å²) in [4.78, 5) is 0. The highest BCUT2D eigenvalue weighted by Gasteiger charge is 1.98. The zero-order valence-electron chi connectivity index (χ0n) is 13.4. The first kappa shape index (κ1) is 19.6. The third kappa shape index (κ3) is 10.3. The van der Waals surface area contributed by atoms with Crippen molar-refractivity contribution in [2.24, 2.45) is 0 Å². The van der Waals surface area contributed by atoms with E-state index < -0.39 is 0 Å². The molecule has 0 heterocycles. The summed E-state index contributed by atoms with van der Waals surface area (Å²) in [6.45, 7) is 4.52. The van der Waals surface area contributed by atoms with Crippen molar-refractivity contribution >= 4 is 15.9 Å². The van der Waals surface area contributed by atoms with Gasteiger partial charge in [-0.15, -0.1) is 0 Å². The fourth-order valence-electron chi connectivity index (χ4n) is 1.90. The minimum absolute atomic E-state index is 0.606. The summed E-state index contributed by atoms with van der Waals surface area (Å²) in [5.74, 6) is 0. The third-order valence-corrected chi connectivity index (χ3v) is 3.89. The van der Waals surface area contributed by atoms with Gasteiger partial charge >= 0.3 is 0 Å². The minimum Gasteiger partial charge on any atom is -0.382 e. The smallest absolute Gasteiger partial charge is 0.0701 e. The van der Waals surface area contributed by atoms with Gasteiger partial charge in [0, 0.05) is 18.2 Å². The van der Waals surface area contributed by atoms with Crippen molar-refractivity contribution in [3.05, 3.63) is 34.3 Å². The average Bonchev–Trinajstić information content (AvgIpc) is 2.53. The number of hydrogen-bond donors (Lipinski definition) is 0. The topological polar surface area (TPSA) is 36.9 Å². The number of benzene rings is 1. The van der Waals surface area contributed by atoms with Gasteiger partial charge in [-0.1, -0.05) is 34.1 Å². The first-order valence-electron chi connectivity index (χ1n) is 7.80. The molecule has 0 atom stereocenters. The molecule has 0 aliphatic carbocycles. The first-order valence-corrected chi connectivity index (χ1v) is 8.59. The summed E-state index contributed by atoms with van der Waals surface area (Å²) in [6, 6.07) is 8.36. The number of rotatable bonds is 14. The van der Waals surface area contributed by atoms with E-state index in [0.29, 0.717) is 39.6 Å². The van der Waals surface area contributed by atoms with E-state index in [2.05, 4.69) is 34.1 Å². The van der Waals surface area contributed by atoms with Gasteiger partial charge in [0.25, 0.3) is 0 Å². The average molecular weight is 375 g/mol. The number of methoxy groups -OCH3 is 1. The molecule has 126 valence electrons. The van der Waals surface area contributed by atoms with Crippen LogP contribution in [0.25, 0.3) is 0 Å². The van der Waals surface area contributed by atoms with Crippen molar-refractivity contribution in [2.75, 3.05) is 53.4 Å². The fourth-order valence-corrected chi connectivity index (χ4v) is 2.39. The molecule has 4 nitrogen and oxygen atoms in total. The third-order valence-electron chi connectivity index (χ3n) is 3.12. The lowest BCUT2D eigenvalue weighted by Gasteiger charge is -2.07. The van der Waals surface area contributed by atoms with Crippen molar-refractivity contribution < 1.29 is 18.9 Å². The van der Waals surface area contributed by atoms with Crippen molar-refractivity contribution in [1.29, 1.82) is 0 Å². The van der Waals surface area contributed by atoms with Gasteiger partial charge in [-0.3, -0.25) is 0 Å². The summed E-state index contributed by atoms with van der Waals surface area (Å²) in [7, 11) is 1.66. The highest BCUT2D eigenvalue weighted by atomic mass is 79.9. The van der Waals surface area contributed by atoms with Gasteiger partial charge in [-0.05, 0) is 30.9 Å². The Morgan fingerprint density at radius 2 is 1.36 bits per heavy atom. The molecule has 0 aromatic heterocycles. The molecule has 1 rings (SSSR count). The zero-order valence-corrected chi connectivity index (χ0v) is 15.0. The lowest BCUT2D eigenvalue weighted by molar-refractivity contribution is 0.00328. The highest BCUT2D eigenvalue weighted by Crippen LogP contribution is 2.17. The van der Waals surface area contributed by atoms with Crippen LogP contribution in [0.15, 0.2) is 28.7 Å². The van der Waals surface area contributed by atoms with Gasteiger partial charge in [-0.25, -0.2) is 0 Å². The zero-order chi connectivity index (χ0) is 15.9. The molecule has 0 N–H and O–H groups in total. The van der Waals surface area contributed by atoms with E-state index in [1.165, 1.54) is 10.0 Å². The van der Waals surface area contributed by atoms with E-state index in [4.69, 9.17) is 18.9 Å². The van der Waals surface area contributed by atoms with E-state index in [9.17, 15) is 0 Å². The largest absolute Gasteiger partial charge is 0.382 e. The molecule has 0 fully saturated rings. The molecule has 0 spiro atoms. The lowest BCUT2D eigenvalue weighted by Crippen LogP contribution is -2.11. The van der Waals surface area contributed by atoms with Crippen molar-refractivity contribution in [1.82, 2.24) is 0 Å². The molecule has 0 aliphatic heterocycles. The molecular formula is C17H27BrO4. The Bertz CT molecular complexity index is 373. The number of unbranched alkanes of at least 4 members (excludes halogenated alkanes) is 1. The van der Waals surface area contributed by atoms with Crippen LogP contribution < -0.4 is 0 Å². The molecule has 0 unspecified atom stereocenters. The molecule has 1 aromatic carbocycles. The van der Waals surface area contributed by atoms with Crippen LogP contribution in [0.3, 0.4) is 0 Å². The van der Waals surface area contributed by atoms with Crippen molar-refractivity contribution in [3.8, 4) is 0 Å². The van der Waals surface area contributed by atoms with E-state index in [0.717, 1.165) is 25.9 Å². The summed E-state index contributed by atoms with van der Waals surface area (Å²) in [5, 5.41) is 0. The van der Waals surface area contributed by atoms with Crippen LogP contribution >= 0.6 is 15.9 Å². The van der Waals surface area contributed by atoms with Gasteiger partial charge in [-0.2, -0.15) is 0 Å². The molecule has 1 aromatic rings. The van der Waals surface area contributed by atoms with Crippen molar-refractivity contribution in [3.63, 3.8) is 0 Å². The maximum Gasteiger partial charge on any atom is 0.0701 e. The van der Waals surface area contributed by atoms with E-state index >= 15 is 0 Å². The van der Waals surface area contributed by atoms with Crippen LogP contribution in [0.2, 0.25) is 0 Å². The highest BCUT2D eigenvalue weighted by molar-refractivity contribution is 9.10. The normalized spacial score (nSPS) is 11.0. The minimum atomic E-state index is 0.606. The van der Waals surface area contributed by atoms with Crippen LogP contribution in [-0.4, -0.2) is 53.4 Å². The Labute approximate surface area is 142 Å². The Morgan fingerprint density at radius 1 is 0.773 bits per heavy atom. The number of halogens is 1. The Morgan fingerprint density at radius 3 is 2.00 bits per heavy atom. The first-order chi connectivity index (χ1) is 10.8. The summed E-state index contributed by atoms with van der Waals surface area (Å²) in [6.07, 6.45) is 3.29.